The van der Waals surface area contributed by atoms with Gasteiger partial charge >= 0.3 is 0 Å². The fourth-order valence-electron chi connectivity index (χ4n) is 1.02. The van der Waals surface area contributed by atoms with E-state index in [4.69, 9.17) is 5.73 Å². The van der Waals surface area contributed by atoms with Gasteiger partial charge in [0.05, 0.1) is 0 Å². The Morgan fingerprint density at radius 2 is 2.55 bits per heavy atom. The third-order valence-corrected chi connectivity index (χ3v) is 1.69. The van der Waals surface area contributed by atoms with Gasteiger partial charge in [-0.15, -0.1) is 6.58 Å². The van der Waals surface area contributed by atoms with Crippen LogP contribution < -0.4 is 5.73 Å². The van der Waals surface area contributed by atoms with E-state index in [2.05, 4.69) is 23.8 Å². The molecule has 0 aromatic carbocycles. The van der Waals surface area contributed by atoms with Crippen molar-refractivity contribution in [2.24, 2.45) is 5.73 Å². The van der Waals surface area contributed by atoms with Crippen LogP contribution in [0.15, 0.2) is 36.6 Å². The Morgan fingerprint density at radius 3 is 3.00 bits per heavy atom. The molecule has 0 aromatic rings. The highest BCUT2D eigenvalue weighted by atomic mass is 15.1. The average Bonchev–Trinajstić information content (AvgIpc) is 2.07. The van der Waals surface area contributed by atoms with Gasteiger partial charge in [0.15, 0.2) is 0 Å². The van der Waals surface area contributed by atoms with E-state index in [-0.39, 0.29) is 0 Å². The van der Waals surface area contributed by atoms with Crippen molar-refractivity contribution in [2.75, 3.05) is 19.6 Å². The number of nitrogens with two attached hydrogens (primary N) is 1. The quantitative estimate of drug-likeness (QED) is 0.605. The number of hydrogen-bond donors (Lipinski definition) is 1. The zero-order chi connectivity index (χ0) is 8.10. The Labute approximate surface area is 67.7 Å². The largest absolute Gasteiger partial charge is 0.370 e. The van der Waals surface area contributed by atoms with E-state index in [1.165, 1.54) is 5.57 Å². The van der Waals surface area contributed by atoms with Crippen molar-refractivity contribution in [2.45, 2.75) is 0 Å². The second-order valence-electron chi connectivity index (χ2n) is 2.54. The van der Waals surface area contributed by atoms with Crippen molar-refractivity contribution in [3.8, 4) is 0 Å². The van der Waals surface area contributed by atoms with Gasteiger partial charge in [-0.2, -0.15) is 0 Å². The van der Waals surface area contributed by atoms with Crippen LogP contribution in [0.3, 0.4) is 0 Å². The molecule has 0 bridgehead atoms. The highest BCUT2D eigenvalue weighted by molar-refractivity contribution is 5.23. The minimum atomic E-state index is 0.637. The van der Waals surface area contributed by atoms with E-state index in [0.717, 1.165) is 13.1 Å². The summed E-state index contributed by atoms with van der Waals surface area (Å²) in [4.78, 5) is 2.17. The van der Waals surface area contributed by atoms with Crippen LogP contribution in [0.4, 0.5) is 0 Å². The fourth-order valence-corrected chi connectivity index (χ4v) is 1.02. The van der Waals surface area contributed by atoms with E-state index in [0.29, 0.717) is 6.54 Å². The maximum atomic E-state index is 5.46. The predicted octanol–water partition coefficient (Wildman–Crippen LogP) is 0.887. The topological polar surface area (TPSA) is 29.3 Å². The highest BCUT2D eigenvalue weighted by Gasteiger charge is 1.99. The number of rotatable bonds is 3. The first-order valence-electron chi connectivity index (χ1n) is 3.79. The van der Waals surface area contributed by atoms with E-state index in [1.807, 2.05) is 12.2 Å². The predicted molar refractivity (Wildman–Crippen MR) is 48.0 cm³/mol. The van der Waals surface area contributed by atoms with Crippen LogP contribution in [0.25, 0.3) is 0 Å². The Balaban J connectivity index is 2.43. The van der Waals surface area contributed by atoms with Gasteiger partial charge in [0, 0.05) is 19.6 Å². The SMILES string of the molecule is C=CCN1C=CC(CN)=CC1. The molecule has 2 heteroatoms. The molecule has 0 saturated heterocycles. The summed E-state index contributed by atoms with van der Waals surface area (Å²) in [5.74, 6) is 0. The van der Waals surface area contributed by atoms with E-state index < -0.39 is 0 Å². The molecule has 0 aromatic heterocycles. The van der Waals surface area contributed by atoms with E-state index in [1.54, 1.807) is 0 Å². The fraction of sp³-hybridized carbons (Fsp3) is 0.333. The van der Waals surface area contributed by atoms with Gasteiger partial charge in [-0.3, -0.25) is 0 Å². The average molecular weight is 150 g/mol. The molecule has 2 nitrogen and oxygen atoms in total. The molecule has 0 spiro atoms. The molecule has 1 aliphatic heterocycles. The lowest BCUT2D eigenvalue weighted by atomic mass is 10.2. The lowest BCUT2D eigenvalue weighted by Gasteiger charge is -2.20. The van der Waals surface area contributed by atoms with Crippen molar-refractivity contribution in [3.05, 3.63) is 36.6 Å². The van der Waals surface area contributed by atoms with Crippen LogP contribution in [-0.4, -0.2) is 24.5 Å². The lowest BCUT2D eigenvalue weighted by Crippen LogP contribution is -2.21. The van der Waals surface area contributed by atoms with E-state index in [9.17, 15) is 0 Å². The smallest absolute Gasteiger partial charge is 0.0363 e. The maximum Gasteiger partial charge on any atom is 0.0363 e. The zero-order valence-corrected chi connectivity index (χ0v) is 6.66. The molecule has 0 unspecified atom stereocenters. The molecule has 0 atom stereocenters. The second kappa shape index (κ2) is 3.98. The van der Waals surface area contributed by atoms with Gasteiger partial charge in [-0.25, -0.2) is 0 Å². The first-order chi connectivity index (χ1) is 5.36. The molecule has 0 saturated carbocycles. The summed E-state index contributed by atoms with van der Waals surface area (Å²) < 4.78 is 0. The summed E-state index contributed by atoms with van der Waals surface area (Å²) in [7, 11) is 0. The molecule has 1 aliphatic rings. The zero-order valence-electron chi connectivity index (χ0n) is 6.66. The minimum absolute atomic E-state index is 0.637. The third kappa shape index (κ3) is 2.24. The maximum absolute atomic E-state index is 5.46. The van der Waals surface area contributed by atoms with Crippen LogP contribution in [0, 0.1) is 0 Å². The molecule has 0 fully saturated rings. The van der Waals surface area contributed by atoms with Crippen molar-refractivity contribution in [1.82, 2.24) is 4.90 Å². The first-order valence-corrected chi connectivity index (χ1v) is 3.79. The standard InChI is InChI=1S/C9H14N2/c1-2-5-11-6-3-9(8-10)4-7-11/h2-4,6H,1,5,7-8,10H2. The third-order valence-electron chi connectivity index (χ3n) is 1.69. The van der Waals surface area contributed by atoms with Crippen molar-refractivity contribution >= 4 is 0 Å². The normalized spacial score (nSPS) is 16.5. The lowest BCUT2D eigenvalue weighted by molar-refractivity contribution is 0.455. The molecule has 0 aliphatic carbocycles. The molecule has 1 heterocycles. The minimum Gasteiger partial charge on any atom is -0.370 e. The summed E-state index contributed by atoms with van der Waals surface area (Å²) in [6, 6.07) is 0. The van der Waals surface area contributed by atoms with Gasteiger partial charge in [-0.05, 0) is 17.8 Å². The van der Waals surface area contributed by atoms with Crippen LogP contribution in [-0.2, 0) is 0 Å². The highest BCUT2D eigenvalue weighted by Crippen LogP contribution is 2.04. The molecule has 0 radical (unpaired) electrons. The van der Waals surface area contributed by atoms with Crippen molar-refractivity contribution in [3.63, 3.8) is 0 Å². The molecule has 2 N–H and O–H groups in total. The number of hydrogen-bond acceptors (Lipinski definition) is 2. The van der Waals surface area contributed by atoms with Crippen LogP contribution in [0.5, 0.6) is 0 Å². The van der Waals surface area contributed by atoms with Gasteiger partial charge in [0.2, 0.25) is 0 Å². The molecule has 11 heavy (non-hydrogen) atoms. The Hall–Kier alpha value is -1.02. The van der Waals surface area contributed by atoms with Crippen molar-refractivity contribution in [1.29, 1.82) is 0 Å². The molecular formula is C9H14N2. The van der Waals surface area contributed by atoms with Gasteiger partial charge in [-0.1, -0.05) is 12.2 Å². The van der Waals surface area contributed by atoms with E-state index >= 15 is 0 Å². The molecule has 60 valence electrons. The summed E-state index contributed by atoms with van der Waals surface area (Å²) in [6.07, 6.45) is 8.14. The summed E-state index contributed by atoms with van der Waals surface area (Å²) in [5, 5.41) is 0. The molecule has 1 rings (SSSR count). The Bertz CT molecular complexity index is 192. The molecular weight excluding hydrogens is 136 g/mol. The summed E-state index contributed by atoms with van der Waals surface area (Å²) in [5.41, 5.74) is 6.68. The van der Waals surface area contributed by atoms with Gasteiger partial charge < -0.3 is 10.6 Å². The van der Waals surface area contributed by atoms with Gasteiger partial charge in [0.1, 0.15) is 0 Å². The van der Waals surface area contributed by atoms with Gasteiger partial charge in [0.25, 0.3) is 0 Å². The monoisotopic (exact) mass is 150 g/mol. The Morgan fingerprint density at radius 1 is 1.73 bits per heavy atom. The van der Waals surface area contributed by atoms with Crippen LogP contribution in [0.2, 0.25) is 0 Å². The van der Waals surface area contributed by atoms with Crippen LogP contribution in [0.1, 0.15) is 0 Å². The first kappa shape index (κ1) is 8.08. The second-order valence-corrected chi connectivity index (χ2v) is 2.54. The molecule has 0 amide bonds. The summed E-state index contributed by atoms with van der Waals surface area (Å²) in [6.45, 7) is 6.17. The summed E-state index contributed by atoms with van der Waals surface area (Å²) >= 11 is 0. The van der Waals surface area contributed by atoms with Crippen LogP contribution >= 0.6 is 0 Å². The van der Waals surface area contributed by atoms with Crippen molar-refractivity contribution < 1.29 is 0 Å². The Kier molecular flexibility index (Phi) is 2.93. The number of nitrogens with zero attached hydrogens (tertiary/aromatic N) is 1.